The van der Waals surface area contributed by atoms with Crippen LogP contribution in [-0.4, -0.2) is 5.91 Å². The smallest absolute Gasteiger partial charge is 0.227 e. The van der Waals surface area contributed by atoms with Crippen LogP contribution in [0.5, 0.6) is 0 Å². The minimum absolute atomic E-state index is 0.174. The number of hydrogen-bond donors (Lipinski definition) is 1. The first-order valence-electron chi connectivity index (χ1n) is 5.05. The summed E-state index contributed by atoms with van der Waals surface area (Å²) >= 11 is 0. The van der Waals surface area contributed by atoms with E-state index in [9.17, 15) is 4.79 Å². The summed E-state index contributed by atoms with van der Waals surface area (Å²) in [5, 5.41) is 2.93. The number of nitrogens with one attached hydrogen (secondary N) is 1. The predicted molar refractivity (Wildman–Crippen MR) is 57.3 cm³/mol. The molecule has 0 aromatic heterocycles. The third-order valence-electron chi connectivity index (χ3n) is 2.72. The van der Waals surface area contributed by atoms with Crippen molar-refractivity contribution in [3.8, 4) is 0 Å². The van der Waals surface area contributed by atoms with Crippen molar-refractivity contribution in [3.05, 3.63) is 29.3 Å². The number of amides is 1. The van der Waals surface area contributed by atoms with Crippen LogP contribution in [0.15, 0.2) is 18.2 Å². The summed E-state index contributed by atoms with van der Waals surface area (Å²) in [6.07, 6.45) is 2.10. The molecule has 14 heavy (non-hydrogen) atoms. The first-order valence-corrected chi connectivity index (χ1v) is 5.05. The van der Waals surface area contributed by atoms with Crippen LogP contribution in [0.25, 0.3) is 0 Å². The van der Waals surface area contributed by atoms with Crippen LogP contribution >= 0.6 is 0 Å². The van der Waals surface area contributed by atoms with E-state index < -0.39 is 0 Å². The van der Waals surface area contributed by atoms with E-state index in [-0.39, 0.29) is 11.8 Å². The Morgan fingerprint density at radius 2 is 2.00 bits per heavy atom. The lowest BCUT2D eigenvalue weighted by Crippen LogP contribution is -2.13. The molecule has 2 heteroatoms. The zero-order valence-corrected chi connectivity index (χ0v) is 8.63. The molecule has 1 saturated carbocycles. The molecule has 1 aromatic rings. The molecule has 0 atom stereocenters. The molecule has 0 saturated heterocycles. The summed E-state index contributed by atoms with van der Waals surface area (Å²) in [6, 6.07) is 6.02. The van der Waals surface area contributed by atoms with Gasteiger partial charge in [0.2, 0.25) is 5.91 Å². The Morgan fingerprint density at radius 1 is 1.29 bits per heavy atom. The molecule has 0 heterocycles. The molecule has 2 nitrogen and oxygen atoms in total. The summed E-state index contributed by atoms with van der Waals surface area (Å²) in [4.78, 5) is 11.5. The number of aryl methyl sites for hydroxylation is 2. The van der Waals surface area contributed by atoms with Crippen molar-refractivity contribution in [1.29, 1.82) is 0 Å². The van der Waals surface area contributed by atoms with Crippen LogP contribution in [-0.2, 0) is 4.79 Å². The zero-order valence-electron chi connectivity index (χ0n) is 8.63. The highest BCUT2D eigenvalue weighted by atomic mass is 16.2. The zero-order chi connectivity index (χ0) is 10.1. The van der Waals surface area contributed by atoms with Crippen LogP contribution in [0.2, 0.25) is 0 Å². The van der Waals surface area contributed by atoms with Crippen molar-refractivity contribution < 1.29 is 4.79 Å². The van der Waals surface area contributed by atoms with Gasteiger partial charge in [-0.25, -0.2) is 0 Å². The summed E-state index contributed by atoms with van der Waals surface area (Å²) in [5.74, 6) is 0.449. The van der Waals surface area contributed by atoms with E-state index in [0.29, 0.717) is 0 Å². The molecular formula is C12H15NO. The standard InChI is InChI=1S/C12H15NO/c1-8-3-6-11(7-9(8)2)13-12(14)10-4-5-10/h3,6-7,10H,4-5H2,1-2H3,(H,13,14). The highest BCUT2D eigenvalue weighted by Gasteiger charge is 2.29. The fraction of sp³-hybridized carbons (Fsp3) is 0.417. The average molecular weight is 189 g/mol. The Labute approximate surface area is 84.3 Å². The van der Waals surface area contributed by atoms with Crippen LogP contribution in [0.3, 0.4) is 0 Å². The van der Waals surface area contributed by atoms with Crippen LogP contribution in [0, 0.1) is 19.8 Å². The fourth-order valence-electron chi connectivity index (χ4n) is 1.41. The molecular weight excluding hydrogens is 174 g/mol. The topological polar surface area (TPSA) is 29.1 Å². The van der Waals surface area contributed by atoms with Gasteiger partial charge in [-0.2, -0.15) is 0 Å². The molecule has 1 aliphatic carbocycles. The van der Waals surface area contributed by atoms with E-state index in [1.807, 2.05) is 18.2 Å². The SMILES string of the molecule is Cc1ccc(NC(=O)C2CC2)cc1C. The monoisotopic (exact) mass is 189 g/mol. The van der Waals surface area contributed by atoms with Gasteiger partial charge in [0.05, 0.1) is 0 Å². The molecule has 2 rings (SSSR count). The first kappa shape index (κ1) is 9.25. The van der Waals surface area contributed by atoms with Crippen LogP contribution in [0.1, 0.15) is 24.0 Å². The Balaban J connectivity index is 2.08. The van der Waals surface area contributed by atoms with Gasteiger partial charge in [0.25, 0.3) is 0 Å². The van der Waals surface area contributed by atoms with Crippen LogP contribution in [0.4, 0.5) is 5.69 Å². The van der Waals surface area contributed by atoms with Gasteiger partial charge in [0.15, 0.2) is 0 Å². The van der Waals surface area contributed by atoms with Crippen LogP contribution < -0.4 is 5.32 Å². The predicted octanol–water partition coefficient (Wildman–Crippen LogP) is 2.65. The molecule has 1 fully saturated rings. The molecule has 0 spiro atoms. The van der Waals surface area contributed by atoms with Gasteiger partial charge in [-0.15, -0.1) is 0 Å². The van der Waals surface area contributed by atoms with Crippen molar-refractivity contribution in [3.63, 3.8) is 0 Å². The van der Waals surface area contributed by atoms with Crippen molar-refractivity contribution in [2.45, 2.75) is 26.7 Å². The molecule has 1 N–H and O–H groups in total. The van der Waals surface area contributed by atoms with E-state index in [1.54, 1.807) is 0 Å². The van der Waals surface area contributed by atoms with E-state index in [0.717, 1.165) is 18.5 Å². The van der Waals surface area contributed by atoms with Gasteiger partial charge in [-0.05, 0) is 49.9 Å². The van der Waals surface area contributed by atoms with Gasteiger partial charge in [-0.1, -0.05) is 6.07 Å². The molecule has 0 radical (unpaired) electrons. The lowest BCUT2D eigenvalue weighted by atomic mass is 10.1. The van der Waals surface area contributed by atoms with Gasteiger partial charge in [-0.3, -0.25) is 4.79 Å². The Morgan fingerprint density at radius 3 is 2.57 bits per heavy atom. The molecule has 0 bridgehead atoms. The number of benzene rings is 1. The van der Waals surface area contributed by atoms with Crippen molar-refractivity contribution >= 4 is 11.6 Å². The molecule has 1 amide bonds. The fourth-order valence-corrected chi connectivity index (χ4v) is 1.41. The second-order valence-corrected chi connectivity index (χ2v) is 4.06. The summed E-state index contributed by atoms with van der Waals surface area (Å²) < 4.78 is 0. The maximum absolute atomic E-state index is 11.5. The lowest BCUT2D eigenvalue weighted by Gasteiger charge is -2.06. The number of hydrogen-bond acceptors (Lipinski definition) is 1. The van der Waals surface area contributed by atoms with Crippen molar-refractivity contribution in [1.82, 2.24) is 0 Å². The minimum atomic E-state index is 0.174. The molecule has 1 aliphatic rings. The molecule has 0 aliphatic heterocycles. The second kappa shape index (κ2) is 3.45. The van der Waals surface area contributed by atoms with Gasteiger partial charge < -0.3 is 5.32 Å². The Hall–Kier alpha value is -1.31. The van der Waals surface area contributed by atoms with E-state index >= 15 is 0 Å². The minimum Gasteiger partial charge on any atom is -0.326 e. The van der Waals surface area contributed by atoms with Gasteiger partial charge in [0, 0.05) is 11.6 Å². The third kappa shape index (κ3) is 1.95. The number of rotatable bonds is 2. The third-order valence-corrected chi connectivity index (χ3v) is 2.72. The molecule has 0 unspecified atom stereocenters. The van der Waals surface area contributed by atoms with Crippen molar-refractivity contribution in [2.24, 2.45) is 5.92 Å². The number of carbonyl (C=O) groups is 1. The quantitative estimate of drug-likeness (QED) is 0.761. The Bertz CT molecular complexity index is 367. The largest absolute Gasteiger partial charge is 0.326 e. The average Bonchev–Trinajstić information content (AvgIpc) is 2.94. The summed E-state index contributed by atoms with van der Waals surface area (Å²) in [6.45, 7) is 4.13. The van der Waals surface area contributed by atoms with Gasteiger partial charge >= 0.3 is 0 Å². The lowest BCUT2D eigenvalue weighted by molar-refractivity contribution is -0.117. The van der Waals surface area contributed by atoms with E-state index in [1.165, 1.54) is 11.1 Å². The van der Waals surface area contributed by atoms with E-state index in [2.05, 4.69) is 19.2 Å². The Kier molecular flexibility index (Phi) is 2.28. The van der Waals surface area contributed by atoms with Gasteiger partial charge in [0.1, 0.15) is 0 Å². The highest BCUT2D eigenvalue weighted by Crippen LogP contribution is 2.30. The second-order valence-electron chi connectivity index (χ2n) is 4.06. The maximum atomic E-state index is 11.5. The van der Waals surface area contributed by atoms with Crippen molar-refractivity contribution in [2.75, 3.05) is 5.32 Å². The highest BCUT2D eigenvalue weighted by molar-refractivity contribution is 5.94. The normalized spacial score (nSPS) is 15.3. The summed E-state index contributed by atoms with van der Waals surface area (Å²) in [5.41, 5.74) is 3.40. The number of carbonyl (C=O) groups excluding carboxylic acids is 1. The number of anilines is 1. The maximum Gasteiger partial charge on any atom is 0.227 e. The molecule has 74 valence electrons. The summed E-state index contributed by atoms with van der Waals surface area (Å²) in [7, 11) is 0. The molecule has 1 aromatic carbocycles. The first-order chi connectivity index (χ1) is 6.66. The van der Waals surface area contributed by atoms with E-state index in [4.69, 9.17) is 0 Å².